The third kappa shape index (κ3) is 2.96. The van der Waals surface area contributed by atoms with Gasteiger partial charge in [0.05, 0.1) is 11.4 Å². The highest BCUT2D eigenvalue weighted by Crippen LogP contribution is 2.39. The number of benzene rings is 2. The second-order valence-corrected chi connectivity index (χ2v) is 7.56. The van der Waals surface area contributed by atoms with E-state index in [1.54, 1.807) is 0 Å². The molecule has 1 aromatic heterocycles. The van der Waals surface area contributed by atoms with Crippen molar-refractivity contribution < 1.29 is 4.79 Å². The van der Waals surface area contributed by atoms with Crippen molar-refractivity contribution in [1.82, 2.24) is 20.0 Å². The van der Waals surface area contributed by atoms with Gasteiger partial charge in [0.1, 0.15) is 0 Å². The fourth-order valence-electron chi connectivity index (χ4n) is 4.03. The summed E-state index contributed by atoms with van der Waals surface area (Å²) in [6, 6.07) is 16.4. The zero-order chi connectivity index (χ0) is 19.1. The SMILES string of the molecule is CN1CCN(C(=O)Nc2ccc(-c3n[nH]c4c3Cc3ccccc3-4)cc2)CC1. The molecule has 0 atom stereocenters. The first-order valence-electron chi connectivity index (χ1n) is 9.69. The fraction of sp³-hybridized carbons (Fsp3) is 0.273. The second kappa shape index (κ2) is 6.80. The summed E-state index contributed by atoms with van der Waals surface area (Å²) < 4.78 is 0. The van der Waals surface area contributed by atoms with E-state index in [-0.39, 0.29) is 6.03 Å². The minimum absolute atomic E-state index is 0.0306. The summed E-state index contributed by atoms with van der Waals surface area (Å²) in [7, 11) is 2.08. The van der Waals surface area contributed by atoms with Gasteiger partial charge in [0.2, 0.25) is 0 Å². The quantitative estimate of drug-likeness (QED) is 0.566. The maximum atomic E-state index is 12.4. The van der Waals surface area contributed by atoms with Crippen LogP contribution >= 0.6 is 0 Å². The van der Waals surface area contributed by atoms with Crippen LogP contribution in [0.1, 0.15) is 11.1 Å². The minimum atomic E-state index is -0.0306. The van der Waals surface area contributed by atoms with E-state index in [4.69, 9.17) is 0 Å². The maximum absolute atomic E-state index is 12.4. The fourth-order valence-corrected chi connectivity index (χ4v) is 4.03. The van der Waals surface area contributed by atoms with Crippen LogP contribution in [0.15, 0.2) is 48.5 Å². The smallest absolute Gasteiger partial charge is 0.321 e. The highest BCUT2D eigenvalue weighted by atomic mass is 16.2. The molecule has 2 heterocycles. The Morgan fingerprint density at radius 3 is 2.57 bits per heavy atom. The summed E-state index contributed by atoms with van der Waals surface area (Å²) in [5, 5.41) is 10.8. The van der Waals surface area contributed by atoms with Crippen molar-refractivity contribution in [3.8, 4) is 22.5 Å². The number of carbonyl (C=O) groups excluding carboxylic acids is 1. The van der Waals surface area contributed by atoms with E-state index >= 15 is 0 Å². The number of likely N-dealkylation sites (N-methyl/N-ethyl adjacent to an activating group) is 1. The molecule has 0 spiro atoms. The summed E-state index contributed by atoms with van der Waals surface area (Å²) in [5.41, 5.74) is 7.80. The lowest BCUT2D eigenvalue weighted by molar-refractivity contribution is 0.164. The number of hydrogen-bond acceptors (Lipinski definition) is 3. The summed E-state index contributed by atoms with van der Waals surface area (Å²) in [6.45, 7) is 3.36. The number of anilines is 1. The van der Waals surface area contributed by atoms with Crippen LogP contribution in [0.5, 0.6) is 0 Å². The van der Waals surface area contributed by atoms with Gasteiger partial charge < -0.3 is 15.1 Å². The third-order valence-electron chi connectivity index (χ3n) is 5.72. The molecule has 0 radical (unpaired) electrons. The van der Waals surface area contributed by atoms with E-state index in [2.05, 4.69) is 51.7 Å². The third-order valence-corrected chi connectivity index (χ3v) is 5.72. The predicted octanol–water partition coefficient (Wildman–Crippen LogP) is 3.43. The Morgan fingerprint density at radius 1 is 1.04 bits per heavy atom. The van der Waals surface area contributed by atoms with E-state index in [0.717, 1.165) is 55.2 Å². The number of hydrogen-bond donors (Lipinski definition) is 2. The number of fused-ring (bicyclic) bond motifs is 3. The monoisotopic (exact) mass is 373 g/mol. The molecule has 6 heteroatoms. The van der Waals surface area contributed by atoms with Crippen LogP contribution in [-0.4, -0.2) is 59.3 Å². The van der Waals surface area contributed by atoms with Gasteiger partial charge in [-0.2, -0.15) is 5.10 Å². The molecule has 2 aliphatic rings. The van der Waals surface area contributed by atoms with Crippen molar-refractivity contribution in [2.75, 3.05) is 38.5 Å². The summed E-state index contributed by atoms with van der Waals surface area (Å²) in [6.07, 6.45) is 0.902. The van der Waals surface area contributed by atoms with E-state index in [1.165, 1.54) is 16.7 Å². The first-order valence-corrected chi connectivity index (χ1v) is 9.69. The molecule has 2 amide bonds. The van der Waals surface area contributed by atoms with Gasteiger partial charge in [-0.1, -0.05) is 36.4 Å². The van der Waals surface area contributed by atoms with E-state index in [1.807, 2.05) is 29.2 Å². The van der Waals surface area contributed by atoms with Gasteiger partial charge in [0.15, 0.2) is 0 Å². The van der Waals surface area contributed by atoms with Crippen molar-refractivity contribution in [2.45, 2.75) is 6.42 Å². The lowest BCUT2D eigenvalue weighted by Crippen LogP contribution is -2.48. The first-order chi connectivity index (χ1) is 13.7. The normalized spacial score (nSPS) is 16.0. The number of nitrogens with zero attached hydrogens (tertiary/aromatic N) is 3. The number of amides is 2. The standard InChI is InChI=1S/C22H23N5O/c1-26-10-12-27(13-11-26)22(28)23-17-8-6-15(7-9-17)20-19-14-16-4-2-3-5-18(16)21(19)25-24-20/h2-9H,10-14H2,1H3,(H,23,28)(H,24,25). The summed E-state index contributed by atoms with van der Waals surface area (Å²) in [5.74, 6) is 0. The molecule has 1 aliphatic heterocycles. The Morgan fingerprint density at radius 2 is 1.79 bits per heavy atom. The summed E-state index contributed by atoms with van der Waals surface area (Å²) >= 11 is 0. The van der Waals surface area contributed by atoms with Gasteiger partial charge in [-0.15, -0.1) is 0 Å². The molecular weight excluding hydrogens is 350 g/mol. The minimum Gasteiger partial charge on any atom is -0.322 e. The van der Waals surface area contributed by atoms with Crippen LogP contribution in [0.4, 0.5) is 10.5 Å². The zero-order valence-electron chi connectivity index (χ0n) is 15.9. The molecule has 6 nitrogen and oxygen atoms in total. The second-order valence-electron chi connectivity index (χ2n) is 7.56. The van der Waals surface area contributed by atoms with Crippen LogP contribution in [-0.2, 0) is 6.42 Å². The van der Waals surface area contributed by atoms with Crippen LogP contribution in [0, 0.1) is 0 Å². The van der Waals surface area contributed by atoms with Crippen LogP contribution in [0.3, 0.4) is 0 Å². The van der Waals surface area contributed by atoms with Crippen molar-refractivity contribution >= 4 is 11.7 Å². The van der Waals surface area contributed by atoms with Crippen molar-refractivity contribution in [2.24, 2.45) is 0 Å². The topological polar surface area (TPSA) is 64.3 Å². The molecule has 28 heavy (non-hydrogen) atoms. The number of urea groups is 1. The molecule has 0 bridgehead atoms. The highest BCUT2D eigenvalue weighted by Gasteiger charge is 2.24. The van der Waals surface area contributed by atoms with Gasteiger partial charge in [0.25, 0.3) is 0 Å². The van der Waals surface area contributed by atoms with Crippen LogP contribution in [0.2, 0.25) is 0 Å². The van der Waals surface area contributed by atoms with Gasteiger partial charge in [-0.25, -0.2) is 4.79 Å². The molecular formula is C22H23N5O. The molecule has 5 rings (SSSR count). The number of H-pyrrole nitrogens is 1. The van der Waals surface area contributed by atoms with E-state index < -0.39 is 0 Å². The van der Waals surface area contributed by atoms with Crippen molar-refractivity contribution in [3.05, 3.63) is 59.7 Å². The Labute approximate surface area is 164 Å². The zero-order valence-corrected chi connectivity index (χ0v) is 15.9. The van der Waals surface area contributed by atoms with Crippen LogP contribution < -0.4 is 5.32 Å². The van der Waals surface area contributed by atoms with E-state index in [0.29, 0.717) is 0 Å². The number of piperazine rings is 1. The molecule has 2 N–H and O–H groups in total. The van der Waals surface area contributed by atoms with Crippen molar-refractivity contribution in [1.29, 1.82) is 0 Å². The van der Waals surface area contributed by atoms with Gasteiger partial charge in [0, 0.05) is 55.0 Å². The Bertz CT molecular complexity index is 1020. The Hall–Kier alpha value is -3.12. The molecule has 142 valence electrons. The van der Waals surface area contributed by atoms with Crippen LogP contribution in [0.25, 0.3) is 22.5 Å². The molecule has 2 aromatic carbocycles. The first kappa shape index (κ1) is 17.0. The molecule has 3 aromatic rings. The lowest BCUT2D eigenvalue weighted by Gasteiger charge is -2.32. The number of nitrogens with one attached hydrogen (secondary N) is 2. The lowest BCUT2D eigenvalue weighted by atomic mass is 10.1. The molecule has 1 saturated heterocycles. The number of aromatic amines is 1. The Kier molecular flexibility index (Phi) is 4.13. The predicted molar refractivity (Wildman–Crippen MR) is 110 cm³/mol. The molecule has 1 aliphatic carbocycles. The van der Waals surface area contributed by atoms with Gasteiger partial charge >= 0.3 is 6.03 Å². The molecule has 1 fully saturated rings. The number of rotatable bonds is 2. The average molecular weight is 373 g/mol. The highest BCUT2D eigenvalue weighted by molar-refractivity contribution is 5.90. The van der Waals surface area contributed by atoms with Gasteiger partial charge in [-0.3, -0.25) is 5.10 Å². The van der Waals surface area contributed by atoms with Crippen molar-refractivity contribution in [3.63, 3.8) is 0 Å². The number of aromatic nitrogens is 2. The average Bonchev–Trinajstić information content (AvgIpc) is 3.28. The Balaban J connectivity index is 1.32. The van der Waals surface area contributed by atoms with E-state index in [9.17, 15) is 4.79 Å². The number of carbonyl (C=O) groups is 1. The molecule has 0 unspecified atom stereocenters. The maximum Gasteiger partial charge on any atom is 0.321 e. The summed E-state index contributed by atoms with van der Waals surface area (Å²) in [4.78, 5) is 16.5. The molecule has 0 saturated carbocycles. The van der Waals surface area contributed by atoms with Gasteiger partial charge in [-0.05, 0) is 24.7 Å². The largest absolute Gasteiger partial charge is 0.322 e.